The van der Waals surface area contributed by atoms with Crippen LogP contribution >= 0.6 is 0 Å². The number of nitrogens with one attached hydrogen (secondary N) is 1. The average molecular weight is 255 g/mol. The molecule has 2 rings (SSSR count). The molecule has 3 heteroatoms. The van der Waals surface area contributed by atoms with Gasteiger partial charge in [0.05, 0.1) is 19.3 Å². The normalized spacial score (nSPS) is 34.7. The molecule has 4 atom stereocenters. The Morgan fingerprint density at radius 2 is 2.22 bits per heavy atom. The number of hydrogen-bond acceptors (Lipinski definition) is 3. The van der Waals surface area contributed by atoms with E-state index in [2.05, 4.69) is 19.2 Å². The van der Waals surface area contributed by atoms with E-state index in [1.54, 1.807) is 0 Å². The minimum absolute atomic E-state index is 0.481. The highest BCUT2D eigenvalue weighted by Crippen LogP contribution is 2.26. The molecule has 1 saturated heterocycles. The first kappa shape index (κ1) is 14.3. The Balaban J connectivity index is 1.74. The molecule has 0 spiro atoms. The Morgan fingerprint density at radius 3 is 2.89 bits per heavy atom. The van der Waals surface area contributed by atoms with Crippen LogP contribution in [0.15, 0.2) is 0 Å². The van der Waals surface area contributed by atoms with E-state index in [0.717, 1.165) is 32.3 Å². The lowest BCUT2D eigenvalue weighted by atomic mass is 9.88. The first-order valence-electron chi connectivity index (χ1n) is 7.72. The van der Waals surface area contributed by atoms with Gasteiger partial charge in [0, 0.05) is 18.6 Å². The SMILES string of the molecule is CCNC(COC1CCCC(C)C1)C1CCOC1. The molecule has 1 saturated carbocycles. The molecule has 0 amide bonds. The van der Waals surface area contributed by atoms with Gasteiger partial charge < -0.3 is 14.8 Å². The third kappa shape index (κ3) is 4.22. The molecule has 106 valence electrons. The van der Waals surface area contributed by atoms with Gasteiger partial charge in [-0.25, -0.2) is 0 Å². The molecule has 0 bridgehead atoms. The molecule has 1 aliphatic heterocycles. The molecule has 0 aromatic rings. The quantitative estimate of drug-likeness (QED) is 0.791. The van der Waals surface area contributed by atoms with Crippen molar-refractivity contribution >= 4 is 0 Å². The summed E-state index contributed by atoms with van der Waals surface area (Å²) in [6.07, 6.45) is 6.90. The van der Waals surface area contributed by atoms with E-state index >= 15 is 0 Å². The van der Waals surface area contributed by atoms with Crippen molar-refractivity contribution in [2.45, 2.75) is 58.1 Å². The average Bonchev–Trinajstić information content (AvgIpc) is 2.88. The first-order chi connectivity index (χ1) is 8.79. The molecule has 3 nitrogen and oxygen atoms in total. The molecule has 1 N–H and O–H groups in total. The van der Waals surface area contributed by atoms with Gasteiger partial charge in [-0.05, 0) is 31.7 Å². The van der Waals surface area contributed by atoms with Crippen molar-refractivity contribution in [3.05, 3.63) is 0 Å². The minimum Gasteiger partial charge on any atom is -0.381 e. The summed E-state index contributed by atoms with van der Waals surface area (Å²) in [5.74, 6) is 1.49. The van der Waals surface area contributed by atoms with Gasteiger partial charge in [0.2, 0.25) is 0 Å². The van der Waals surface area contributed by atoms with Crippen LogP contribution in [0.4, 0.5) is 0 Å². The lowest BCUT2D eigenvalue weighted by Gasteiger charge is -2.30. The topological polar surface area (TPSA) is 30.5 Å². The van der Waals surface area contributed by atoms with Crippen molar-refractivity contribution < 1.29 is 9.47 Å². The van der Waals surface area contributed by atoms with Crippen LogP contribution in [0.25, 0.3) is 0 Å². The van der Waals surface area contributed by atoms with E-state index in [0.29, 0.717) is 18.1 Å². The van der Waals surface area contributed by atoms with Crippen molar-refractivity contribution in [2.24, 2.45) is 11.8 Å². The number of rotatable bonds is 6. The minimum atomic E-state index is 0.481. The zero-order valence-corrected chi connectivity index (χ0v) is 12.0. The van der Waals surface area contributed by atoms with Crippen LogP contribution in [0.2, 0.25) is 0 Å². The summed E-state index contributed by atoms with van der Waals surface area (Å²) in [5, 5.41) is 3.57. The summed E-state index contributed by atoms with van der Waals surface area (Å²) < 4.78 is 11.7. The van der Waals surface area contributed by atoms with Gasteiger partial charge in [-0.15, -0.1) is 0 Å². The first-order valence-corrected chi connectivity index (χ1v) is 7.72. The van der Waals surface area contributed by atoms with Crippen LogP contribution in [0.5, 0.6) is 0 Å². The lowest BCUT2D eigenvalue weighted by molar-refractivity contribution is -0.00417. The fraction of sp³-hybridized carbons (Fsp3) is 1.00. The van der Waals surface area contributed by atoms with Crippen LogP contribution < -0.4 is 5.32 Å². The van der Waals surface area contributed by atoms with Gasteiger partial charge in [-0.3, -0.25) is 0 Å². The number of ether oxygens (including phenoxy) is 2. The Kier molecular flexibility index (Phi) is 5.93. The molecule has 2 aliphatic rings. The predicted octanol–water partition coefficient (Wildman–Crippen LogP) is 2.60. The molecule has 0 aromatic carbocycles. The highest BCUT2D eigenvalue weighted by atomic mass is 16.5. The van der Waals surface area contributed by atoms with E-state index in [1.165, 1.54) is 32.1 Å². The fourth-order valence-electron chi connectivity index (χ4n) is 3.26. The van der Waals surface area contributed by atoms with E-state index in [-0.39, 0.29) is 0 Å². The molecular formula is C15H29NO2. The number of hydrogen-bond donors (Lipinski definition) is 1. The molecule has 2 fully saturated rings. The largest absolute Gasteiger partial charge is 0.381 e. The molecule has 0 radical (unpaired) electrons. The van der Waals surface area contributed by atoms with Crippen LogP contribution in [0.1, 0.15) is 46.0 Å². The smallest absolute Gasteiger partial charge is 0.0626 e. The van der Waals surface area contributed by atoms with Gasteiger partial charge in [-0.2, -0.15) is 0 Å². The summed E-state index contributed by atoms with van der Waals surface area (Å²) in [5.41, 5.74) is 0. The third-order valence-electron chi connectivity index (χ3n) is 4.40. The number of likely N-dealkylation sites (N-methyl/N-ethyl adjacent to an activating group) is 1. The summed E-state index contributed by atoms with van der Waals surface area (Å²) >= 11 is 0. The summed E-state index contributed by atoms with van der Waals surface area (Å²) in [6.45, 7) is 8.23. The van der Waals surface area contributed by atoms with Crippen LogP contribution in [-0.2, 0) is 9.47 Å². The molecule has 1 aliphatic carbocycles. The maximum Gasteiger partial charge on any atom is 0.0626 e. The lowest BCUT2D eigenvalue weighted by Crippen LogP contribution is -2.41. The van der Waals surface area contributed by atoms with E-state index in [1.807, 2.05) is 0 Å². The molecular weight excluding hydrogens is 226 g/mol. The Morgan fingerprint density at radius 1 is 1.33 bits per heavy atom. The van der Waals surface area contributed by atoms with Crippen LogP contribution in [-0.4, -0.2) is 38.5 Å². The Labute approximate surface area is 112 Å². The highest BCUT2D eigenvalue weighted by Gasteiger charge is 2.27. The van der Waals surface area contributed by atoms with E-state index in [9.17, 15) is 0 Å². The van der Waals surface area contributed by atoms with Gasteiger partial charge in [-0.1, -0.05) is 26.7 Å². The van der Waals surface area contributed by atoms with Crippen molar-refractivity contribution in [3.63, 3.8) is 0 Å². The van der Waals surface area contributed by atoms with Crippen LogP contribution in [0, 0.1) is 11.8 Å². The van der Waals surface area contributed by atoms with Gasteiger partial charge in [0.25, 0.3) is 0 Å². The van der Waals surface area contributed by atoms with Gasteiger partial charge in [0.1, 0.15) is 0 Å². The Hall–Kier alpha value is -0.120. The molecule has 1 heterocycles. The molecule has 18 heavy (non-hydrogen) atoms. The Bertz CT molecular complexity index is 229. The van der Waals surface area contributed by atoms with E-state index in [4.69, 9.17) is 9.47 Å². The maximum absolute atomic E-state index is 6.16. The monoisotopic (exact) mass is 255 g/mol. The van der Waals surface area contributed by atoms with Crippen LogP contribution in [0.3, 0.4) is 0 Å². The third-order valence-corrected chi connectivity index (χ3v) is 4.40. The zero-order chi connectivity index (χ0) is 12.8. The van der Waals surface area contributed by atoms with E-state index < -0.39 is 0 Å². The highest BCUT2D eigenvalue weighted by molar-refractivity contribution is 4.80. The van der Waals surface area contributed by atoms with Crippen molar-refractivity contribution in [1.29, 1.82) is 0 Å². The maximum atomic E-state index is 6.16. The van der Waals surface area contributed by atoms with Crippen molar-refractivity contribution in [2.75, 3.05) is 26.4 Å². The van der Waals surface area contributed by atoms with Gasteiger partial charge >= 0.3 is 0 Å². The van der Waals surface area contributed by atoms with Crippen molar-refractivity contribution in [3.8, 4) is 0 Å². The summed E-state index contributed by atoms with van der Waals surface area (Å²) in [7, 11) is 0. The summed E-state index contributed by atoms with van der Waals surface area (Å²) in [4.78, 5) is 0. The van der Waals surface area contributed by atoms with Gasteiger partial charge in [0.15, 0.2) is 0 Å². The zero-order valence-electron chi connectivity index (χ0n) is 12.0. The summed E-state index contributed by atoms with van der Waals surface area (Å²) in [6, 6.07) is 0.481. The second-order valence-corrected chi connectivity index (χ2v) is 6.01. The fourth-order valence-corrected chi connectivity index (χ4v) is 3.26. The second kappa shape index (κ2) is 7.46. The molecule has 0 aromatic heterocycles. The van der Waals surface area contributed by atoms with Crippen molar-refractivity contribution in [1.82, 2.24) is 5.32 Å². The second-order valence-electron chi connectivity index (χ2n) is 6.01. The standard InChI is InChI=1S/C15H29NO2/c1-3-16-15(13-7-8-17-10-13)11-18-14-6-4-5-12(2)9-14/h12-16H,3-11H2,1-2H3. The predicted molar refractivity (Wildman–Crippen MR) is 73.8 cm³/mol. The molecule has 4 unspecified atom stereocenters.